The molecular formula is C15H29N3. The summed E-state index contributed by atoms with van der Waals surface area (Å²) in [6, 6.07) is 1.49. The van der Waals surface area contributed by atoms with E-state index in [2.05, 4.69) is 29.1 Å². The first kappa shape index (κ1) is 12.9. The highest BCUT2D eigenvalue weighted by molar-refractivity contribution is 4.93. The van der Waals surface area contributed by atoms with E-state index >= 15 is 0 Å². The highest BCUT2D eigenvalue weighted by atomic mass is 15.2. The number of hydrogen-bond donors (Lipinski definition) is 1. The maximum Gasteiger partial charge on any atom is 0.0226 e. The van der Waals surface area contributed by atoms with E-state index in [1.165, 1.54) is 58.4 Å². The number of fused-ring (bicyclic) bond motifs is 3. The van der Waals surface area contributed by atoms with Crippen molar-refractivity contribution in [2.75, 3.05) is 39.8 Å². The summed E-state index contributed by atoms with van der Waals surface area (Å²) in [4.78, 5) is 5.12. The van der Waals surface area contributed by atoms with E-state index in [0.29, 0.717) is 6.04 Å². The van der Waals surface area contributed by atoms with Crippen LogP contribution in [0.25, 0.3) is 0 Å². The number of piperidine rings is 4. The van der Waals surface area contributed by atoms with Crippen LogP contribution in [0.5, 0.6) is 0 Å². The zero-order chi connectivity index (χ0) is 12.5. The highest BCUT2D eigenvalue weighted by Gasteiger charge is 2.35. The molecule has 4 aliphatic rings. The van der Waals surface area contributed by atoms with Gasteiger partial charge in [-0.15, -0.1) is 0 Å². The summed E-state index contributed by atoms with van der Waals surface area (Å²) in [7, 11) is 2.25. The Balaban J connectivity index is 1.50. The van der Waals surface area contributed by atoms with Gasteiger partial charge in [0.05, 0.1) is 0 Å². The monoisotopic (exact) mass is 251 g/mol. The number of rotatable bonds is 3. The molecule has 3 heteroatoms. The molecule has 18 heavy (non-hydrogen) atoms. The van der Waals surface area contributed by atoms with Crippen LogP contribution in [0.4, 0.5) is 0 Å². The second-order valence-corrected chi connectivity index (χ2v) is 6.84. The van der Waals surface area contributed by atoms with Gasteiger partial charge in [0.25, 0.3) is 0 Å². The summed E-state index contributed by atoms with van der Waals surface area (Å²) in [5, 5.41) is 3.97. The molecule has 104 valence electrons. The average Bonchev–Trinajstić information content (AvgIpc) is 2.41. The Labute approximate surface area is 112 Å². The number of nitrogens with zero attached hydrogens (tertiary/aromatic N) is 2. The van der Waals surface area contributed by atoms with Crippen LogP contribution in [0, 0.1) is 11.8 Å². The van der Waals surface area contributed by atoms with E-state index < -0.39 is 0 Å². The summed E-state index contributed by atoms with van der Waals surface area (Å²) in [6.45, 7) is 9.01. The van der Waals surface area contributed by atoms with Crippen molar-refractivity contribution in [1.82, 2.24) is 15.1 Å². The van der Waals surface area contributed by atoms with Crippen LogP contribution in [-0.4, -0.2) is 61.7 Å². The molecule has 2 unspecified atom stereocenters. The SMILES string of the molecule is CC(NC1CN2CCC1CC2)C1CCN(C)CC1. The molecule has 4 saturated heterocycles. The van der Waals surface area contributed by atoms with Crippen LogP contribution >= 0.6 is 0 Å². The molecule has 2 atom stereocenters. The number of likely N-dealkylation sites (tertiary alicyclic amines) is 1. The first-order valence-electron chi connectivity index (χ1n) is 7.89. The second-order valence-electron chi connectivity index (χ2n) is 6.84. The van der Waals surface area contributed by atoms with Crippen molar-refractivity contribution in [1.29, 1.82) is 0 Å². The average molecular weight is 251 g/mol. The van der Waals surface area contributed by atoms with Crippen molar-refractivity contribution in [3.63, 3.8) is 0 Å². The minimum atomic E-state index is 0.712. The van der Waals surface area contributed by atoms with Crippen molar-refractivity contribution in [3.8, 4) is 0 Å². The van der Waals surface area contributed by atoms with E-state index in [9.17, 15) is 0 Å². The zero-order valence-electron chi connectivity index (χ0n) is 12.1. The third kappa shape index (κ3) is 2.73. The van der Waals surface area contributed by atoms with Gasteiger partial charge in [-0.1, -0.05) is 0 Å². The van der Waals surface area contributed by atoms with Gasteiger partial charge in [-0.25, -0.2) is 0 Å². The van der Waals surface area contributed by atoms with Gasteiger partial charge in [-0.05, 0) is 77.7 Å². The molecule has 0 saturated carbocycles. The van der Waals surface area contributed by atoms with Gasteiger partial charge < -0.3 is 15.1 Å². The third-order valence-electron chi connectivity index (χ3n) is 5.60. The van der Waals surface area contributed by atoms with Crippen molar-refractivity contribution in [3.05, 3.63) is 0 Å². The van der Waals surface area contributed by atoms with Gasteiger partial charge in [-0.2, -0.15) is 0 Å². The quantitative estimate of drug-likeness (QED) is 0.818. The summed E-state index contributed by atoms with van der Waals surface area (Å²) in [5.74, 6) is 1.86. The van der Waals surface area contributed by atoms with Crippen LogP contribution in [0.2, 0.25) is 0 Å². The van der Waals surface area contributed by atoms with E-state index in [1.54, 1.807) is 0 Å². The molecule has 1 N–H and O–H groups in total. The second kappa shape index (κ2) is 5.48. The summed E-state index contributed by atoms with van der Waals surface area (Å²) in [6.07, 6.45) is 5.62. The Morgan fingerprint density at radius 2 is 1.67 bits per heavy atom. The molecule has 4 heterocycles. The lowest BCUT2D eigenvalue weighted by Gasteiger charge is -2.47. The molecule has 0 aliphatic carbocycles. The zero-order valence-corrected chi connectivity index (χ0v) is 12.1. The van der Waals surface area contributed by atoms with Crippen molar-refractivity contribution in [2.24, 2.45) is 11.8 Å². The maximum absolute atomic E-state index is 3.97. The number of hydrogen-bond acceptors (Lipinski definition) is 3. The lowest BCUT2D eigenvalue weighted by molar-refractivity contribution is 0.0597. The maximum atomic E-state index is 3.97. The molecule has 0 aromatic rings. The van der Waals surface area contributed by atoms with Gasteiger partial charge in [0, 0.05) is 18.6 Å². The highest BCUT2D eigenvalue weighted by Crippen LogP contribution is 2.29. The van der Waals surface area contributed by atoms with E-state index in [-0.39, 0.29) is 0 Å². The Hall–Kier alpha value is -0.120. The van der Waals surface area contributed by atoms with Gasteiger partial charge >= 0.3 is 0 Å². The minimum Gasteiger partial charge on any atom is -0.310 e. The summed E-state index contributed by atoms with van der Waals surface area (Å²) >= 11 is 0. The van der Waals surface area contributed by atoms with Gasteiger partial charge in [0.15, 0.2) is 0 Å². The van der Waals surface area contributed by atoms with Crippen LogP contribution in [-0.2, 0) is 0 Å². The van der Waals surface area contributed by atoms with Crippen LogP contribution in [0.3, 0.4) is 0 Å². The predicted octanol–water partition coefficient (Wildman–Crippen LogP) is 1.40. The Morgan fingerprint density at radius 1 is 1.00 bits per heavy atom. The lowest BCUT2D eigenvalue weighted by Crippen LogP contribution is -2.58. The standard InChI is InChI=1S/C15H29N3/c1-12(13-3-7-17(2)8-4-13)16-15-11-18-9-5-14(15)6-10-18/h12-16H,3-11H2,1-2H3. The molecule has 4 fully saturated rings. The molecule has 2 bridgehead atoms. The molecule has 0 aromatic carbocycles. The topological polar surface area (TPSA) is 18.5 Å². The fourth-order valence-electron chi connectivity index (χ4n) is 4.16. The lowest BCUT2D eigenvalue weighted by atomic mass is 9.82. The van der Waals surface area contributed by atoms with E-state index in [1.807, 2.05) is 0 Å². The Morgan fingerprint density at radius 3 is 2.22 bits per heavy atom. The fraction of sp³-hybridized carbons (Fsp3) is 1.00. The van der Waals surface area contributed by atoms with Gasteiger partial charge in [0.1, 0.15) is 0 Å². The molecular weight excluding hydrogens is 222 g/mol. The first-order valence-corrected chi connectivity index (χ1v) is 7.89. The molecule has 4 rings (SSSR count). The largest absolute Gasteiger partial charge is 0.310 e. The first-order chi connectivity index (χ1) is 8.72. The van der Waals surface area contributed by atoms with Crippen molar-refractivity contribution < 1.29 is 0 Å². The third-order valence-corrected chi connectivity index (χ3v) is 5.60. The smallest absolute Gasteiger partial charge is 0.0226 e. The molecule has 0 amide bonds. The fourth-order valence-corrected chi connectivity index (χ4v) is 4.16. The van der Waals surface area contributed by atoms with Gasteiger partial charge in [0.2, 0.25) is 0 Å². The van der Waals surface area contributed by atoms with E-state index in [4.69, 9.17) is 0 Å². The van der Waals surface area contributed by atoms with Crippen LogP contribution < -0.4 is 5.32 Å². The van der Waals surface area contributed by atoms with Crippen LogP contribution in [0.15, 0.2) is 0 Å². The molecule has 4 aliphatic heterocycles. The van der Waals surface area contributed by atoms with Crippen molar-refractivity contribution in [2.45, 2.75) is 44.7 Å². The van der Waals surface area contributed by atoms with E-state index in [0.717, 1.165) is 17.9 Å². The molecule has 0 aromatic heterocycles. The number of nitrogens with one attached hydrogen (secondary N) is 1. The molecule has 3 nitrogen and oxygen atoms in total. The minimum absolute atomic E-state index is 0.712. The normalized spacial score (nSPS) is 40.0. The summed E-state index contributed by atoms with van der Waals surface area (Å²) < 4.78 is 0. The van der Waals surface area contributed by atoms with Crippen LogP contribution in [0.1, 0.15) is 32.6 Å². The van der Waals surface area contributed by atoms with Gasteiger partial charge in [-0.3, -0.25) is 0 Å². The molecule has 0 radical (unpaired) electrons. The Bertz CT molecular complexity index is 265. The predicted molar refractivity (Wildman–Crippen MR) is 75.8 cm³/mol. The molecule has 0 spiro atoms. The summed E-state index contributed by atoms with van der Waals surface area (Å²) in [5.41, 5.74) is 0. The Kier molecular flexibility index (Phi) is 3.92. The van der Waals surface area contributed by atoms with Crippen molar-refractivity contribution >= 4 is 0 Å².